The highest BCUT2D eigenvalue weighted by Gasteiger charge is 2.38. The van der Waals surface area contributed by atoms with Gasteiger partial charge in [0.1, 0.15) is 11.6 Å². The van der Waals surface area contributed by atoms with Crippen molar-refractivity contribution in [3.05, 3.63) is 35.5 Å². The number of anilines is 4. The van der Waals surface area contributed by atoms with Crippen molar-refractivity contribution in [2.75, 3.05) is 16.0 Å². The van der Waals surface area contributed by atoms with E-state index in [1.165, 1.54) is 6.07 Å². The molecule has 0 radical (unpaired) electrons. The number of carbonyl (C=O) groups excluding carboxylic acids is 1. The molecule has 1 aliphatic carbocycles. The number of nitrogens with two attached hydrogens (primary N) is 1. The van der Waals surface area contributed by atoms with Crippen LogP contribution in [0.25, 0.3) is 0 Å². The molecular weight excluding hydrogens is 266 g/mol. The van der Waals surface area contributed by atoms with E-state index in [0.717, 1.165) is 12.8 Å². The number of amides is 1. The minimum absolute atomic E-state index is 0.0168. The molecular formula is C15H15N5O. The quantitative estimate of drug-likeness (QED) is 0.839. The van der Waals surface area contributed by atoms with Gasteiger partial charge in [0, 0.05) is 16.4 Å². The van der Waals surface area contributed by atoms with E-state index in [1.54, 1.807) is 18.3 Å². The number of nitrogens with one attached hydrogen (secondary N) is 1. The Morgan fingerprint density at radius 3 is 3.10 bits per heavy atom. The van der Waals surface area contributed by atoms with Crippen LogP contribution in [-0.4, -0.2) is 21.9 Å². The zero-order chi connectivity index (χ0) is 17.1. The molecule has 6 nitrogen and oxygen atoms in total. The number of aryl methyl sites for hydroxylation is 1. The van der Waals surface area contributed by atoms with E-state index >= 15 is 0 Å². The van der Waals surface area contributed by atoms with Crippen molar-refractivity contribution >= 4 is 29.0 Å². The van der Waals surface area contributed by atoms with Gasteiger partial charge in [0.05, 0.1) is 11.3 Å². The lowest BCUT2D eigenvalue weighted by molar-refractivity contribution is 0.102. The number of hydrogen-bond donors (Lipinski definition) is 2. The summed E-state index contributed by atoms with van der Waals surface area (Å²) in [4.78, 5) is 23.1. The first-order valence-electron chi connectivity index (χ1n) is 8.23. The number of nitrogen functional groups attached to an aromatic ring is 1. The molecule has 4 rings (SSSR count). The van der Waals surface area contributed by atoms with Gasteiger partial charge in [-0.15, -0.1) is 0 Å². The lowest BCUT2D eigenvalue weighted by Gasteiger charge is -2.24. The molecule has 2 aromatic heterocycles. The van der Waals surface area contributed by atoms with Crippen LogP contribution >= 0.6 is 0 Å². The molecule has 3 heterocycles. The minimum atomic E-state index is -2.42. The monoisotopic (exact) mass is 284 g/mol. The molecule has 2 aliphatic rings. The second-order valence-corrected chi connectivity index (χ2v) is 5.22. The molecule has 0 saturated heterocycles. The van der Waals surface area contributed by atoms with Crippen LogP contribution in [0.2, 0.25) is 0 Å². The summed E-state index contributed by atoms with van der Waals surface area (Å²) in [6.07, 6.45) is 3.44. The van der Waals surface area contributed by atoms with Gasteiger partial charge in [-0.1, -0.05) is 0 Å². The topological polar surface area (TPSA) is 84.1 Å². The van der Waals surface area contributed by atoms with Crippen LogP contribution in [0.4, 0.5) is 23.1 Å². The fraction of sp³-hybridized carbons (Fsp3) is 0.267. The predicted molar refractivity (Wildman–Crippen MR) is 80.7 cm³/mol. The van der Waals surface area contributed by atoms with E-state index in [1.807, 2.05) is 4.90 Å². The molecule has 6 heteroatoms. The molecule has 0 atom stereocenters. The van der Waals surface area contributed by atoms with E-state index < -0.39 is 12.8 Å². The van der Waals surface area contributed by atoms with E-state index in [0.29, 0.717) is 17.2 Å². The minimum Gasteiger partial charge on any atom is -0.384 e. The molecule has 0 unspecified atom stereocenters. The normalized spacial score (nSPS) is 19.5. The molecule has 0 bridgehead atoms. The molecule has 1 aliphatic heterocycles. The molecule has 1 fully saturated rings. The summed E-state index contributed by atoms with van der Waals surface area (Å²) in [7, 11) is 0. The zero-order valence-electron chi connectivity index (χ0n) is 14.1. The zero-order valence-corrected chi connectivity index (χ0v) is 11.1. The summed E-state index contributed by atoms with van der Waals surface area (Å²) >= 11 is 0. The lowest BCUT2D eigenvalue weighted by atomic mass is 10.2. The Morgan fingerprint density at radius 2 is 2.33 bits per heavy atom. The fourth-order valence-electron chi connectivity index (χ4n) is 2.57. The third-order valence-electron chi connectivity index (χ3n) is 3.66. The second-order valence-electron chi connectivity index (χ2n) is 5.22. The first-order chi connectivity index (χ1) is 11.4. The van der Waals surface area contributed by atoms with Crippen molar-refractivity contribution in [1.29, 1.82) is 0 Å². The highest BCUT2D eigenvalue weighted by Crippen LogP contribution is 2.44. The molecule has 0 aromatic carbocycles. The van der Waals surface area contributed by atoms with Gasteiger partial charge >= 0.3 is 0 Å². The molecule has 1 saturated carbocycles. The van der Waals surface area contributed by atoms with E-state index in [-0.39, 0.29) is 23.1 Å². The fourth-order valence-corrected chi connectivity index (χ4v) is 2.57. The van der Waals surface area contributed by atoms with Gasteiger partial charge in [0.15, 0.2) is 5.82 Å². The van der Waals surface area contributed by atoms with Gasteiger partial charge < -0.3 is 16.0 Å². The van der Waals surface area contributed by atoms with Gasteiger partial charge in [-0.25, -0.2) is 9.97 Å². The number of pyridine rings is 2. The average Bonchev–Trinajstić information content (AvgIpc) is 3.33. The maximum Gasteiger partial charge on any atom is 0.259 e. The van der Waals surface area contributed by atoms with Crippen LogP contribution in [0.15, 0.2) is 24.4 Å². The molecule has 106 valence electrons. The number of aromatic nitrogens is 2. The molecule has 0 spiro atoms. The molecule has 2 aromatic rings. The van der Waals surface area contributed by atoms with Crippen LogP contribution in [0.3, 0.4) is 0 Å². The highest BCUT2D eigenvalue weighted by atomic mass is 16.1. The van der Waals surface area contributed by atoms with E-state index in [2.05, 4.69) is 15.3 Å². The number of fused-ring (bicyclic) bond motifs is 2. The number of rotatable bonds is 1. The Bertz CT molecular complexity index is 847. The average molecular weight is 284 g/mol. The Labute approximate surface area is 126 Å². The highest BCUT2D eigenvalue weighted by molar-refractivity contribution is 6.12. The SMILES string of the molecule is [2H]C([2H])([2H])c1cc(N)nc2c1NC(=O)c1cccnc1N2C1CC1. The van der Waals surface area contributed by atoms with Crippen LogP contribution < -0.4 is 16.0 Å². The standard InChI is InChI=1S/C15H15N5O/c1-8-7-11(16)18-14-12(8)19-15(21)10-3-2-6-17-13(10)20(14)9-4-5-9/h2-3,6-7,9H,4-5H2,1H3,(H2,16,18)(H,19,21)/i1D3. The van der Waals surface area contributed by atoms with Crippen LogP contribution in [0.1, 0.15) is 32.9 Å². The third-order valence-corrected chi connectivity index (χ3v) is 3.66. The summed E-state index contributed by atoms with van der Waals surface area (Å²) in [6.45, 7) is -2.42. The van der Waals surface area contributed by atoms with Crippen molar-refractivity contribution in [2.24, 2.45) is 0 Å². The summed E-state index contributed by atoms with van der Waals surface area (Å²) in [6, 6.07) is 4.76. The van der Waals surface area contributed by atoms with Crippen molar-refractivity contribution in [3.63, 3.8) is 0 Å². The van der Waals surface area contributed by atoms with Gasteiger partial charge in [-0.3, -0.25) is 4.79 Å². The van der Waals surface area contributed by atoms with E-state index in [9.17, 15) is 4.79 Å². The summed E-state index contributed by atoms with van der Waals surface area (Å²) in [5.74, 6) is 0.513. The van der Waals surface area contributed by atoms with Gasteiger partial charge in [-0.2, -0.15) is 0 Å². The smallest absolute Gasteiger partial charge is 0.259 e. The Hall–Kier alpha value is -2.63. The number of nitrogens with zero attached hydrogens (tertiary/aromatic N) is 3. The predicted octanol–water partition coefficient (Wildman–Crippen LogP) is 2.23. The Morgan fingerprint density at radius 1 is 1.48 bits per heavy atom. The van der Waals surface area contributed by atoms with Crippen molar-refractivity contribution in [2.45, 2.75) is 25.7 Å². The molecule has 3 N–H and O–H groups in total. The van der Waals surface area contributed by atoms with Crippen molar-refractivity contribution in [3.8, 4) is 0 Å². The van der Waals surface area contributed by atoms with Crippen LogP contribution in [-0.2, 0) is 0 Å². The maximum absolute atomic E-state index is 12.6. The summed E-state index contributed by atoms with van der Waals surface area (Å²) < 4.78 is 23.3. The third kappa shape index (κ3) is 1.83. The maximum atomic E-state index is 12.6. The first kappa shape index (κ1) is 9.33. The van der Waals surface area contributed by atoms with Crippen LogP contribution in [0.5, 0.6) is 0 Å². The van der Waals surface area contributed by atoms with Crippen LogP contribution in [0, 0.1) is 6.85 Å². The molecule has 21 heavy (non-hydrogen) atoms. The Kier molecular flexibility index (Phi) is 1.86. The summed E-state index contributed by atoms with van der Waals surface area (Å²) in [5, 5.41) is 2.69. The first-order valence-corrected chi connectivity index (χ1v) is 6.73. The lowest BCUT2D eigenvalue weighted by Crippen LogP contribution is -2.23. The van der Waals surface area contributed by atoms with E-state index in [4.69, 9.17) is 9.85 Å². The largest absolute Gasteiger partial charge is 0.384 e. The molecule has 1 amide bonds. The van der Waals surface area contributed by atoms with Gasteiger partial charge in [-0.05, 0) is 43.5 Å². The number of hydrogen-bond acceptors (Lipinski definition) is 5. The van der Waals surface area contributed by atoms with Crippen molar-refractivity contribution in [1.82, 2.24) is 9.97 Å². The second kappa shape index (κ2) is 4.18. The Balaban J connectivity index is 2.02. The van der Waals surface area contributed by atoms with Gasteiger partial charge in [0.25, 0.3) is 5.91 Å². The summed E-state index contributed by atoms with van der Waals surface area (Å²) in [5.41, 5.74) is 6.40. The van der Waals surface area contributed by atoms with Gasteiger partial charge in [0.2, 0.25) is 0 Å². The number of carbonyl (C=O) groups is 1. The van der Waals surface area contributed by atoms with Crippen molar-refractivity contribution < 1.29 is 8.91 Å².